The molecule has 1 atom stereocenters. The van der Waals surface area contributed by atoms with Crippen LogP contribution in [0.5, 0.6) is 0 Å². The zero-order valence-corrected chi connectivity index (χ0v) is 18.1. The Hall–Kier alpha value is -2.30. The fourth-order valence-corrected chi connectivity index (χ4v) is 6.79. The van der Waals surface area contributed by atoms with Crippen molar-refractivity contribution in [1.29, 1.82) is 0 Å². The Morgan fingerprint density at radius 3 is 2.47 bits per heavy atom. The molecule has 2 aromatic heterocycles. The van der Waals surface area contributed by atoms with Gasteiger partial charge in [-0.3, -0.25) is 14.6 Å². The largest absolute Gasteiger partial charge is 0.352 e. The first-order valence-corrected chi connectivity index (χ1v) is 12.3. The predicted molar refractivity (Wildman–Crippen MR) is 113 cm³/mol. The maximum Gasteiger partial charge on any atom is 0.253 e. The predicted octanol–water partition coefficient (Wildman–Crippen LogP) is 1.72. The van der Waals surface area contributed by atoms with Gasteiger partial charge in [-0.15, -0.1) is 11.3 Å². The maximum absolute atomic E-state index is 12.9. The van der Waals surface area contributed by atoms with E-state index in [1.54, 1.807) is 46.9 Å². The highest BCUT2D eigenvalue weighted by Crippen LogP contribution is 2.29. The van der Waals surface area contributed by atoms with E-state index < -0.39 is 16.1 Å². The number of sulfonamides is 1. The smallest absolute Gasteiger partial charge is 0.253 e. The van der Waals surface area contributed by atoms with E-state index in [1.807, 2.05) is 0 Å². The van der Waals surface area contributed by atoms with Gasteiger partial charge in [-0.05, 0) is 49.3 Å². The van der Waals surface area contributed by atoms with E-state index in [0.29, 0.717) is 50.9 Å². The number of pyridine rings is 1. The van der Waals surface area contributed by atoms with Gasteiger partial charge in [0.2, 0.25) is 5.91 Å². The third-order valence-electron chi connectivity index (χ3n) is 5.62. The van der Waals surface area contributed by atoms with Crippen LogP contribution in [0.2, 0.25) is 0 Å². The number of nitrogens with zero attached hydrogens (tertiary/aromatic N) is 3. The van der Waals surface area contributed by atoms with E-state index in [0.717, 1.165) is 11.3 Å². The normalized spacial score (nSPS) is 20.9. The molecule has 0 radical (unpaired) electrons. The first kappa shape index (κ1) is 21.0. The number of carbonyl (C=O) groups is 2. The average Bonchev–Trinajstić information content (AvgIpc) is 3.47. The maximum atomic E-state index is 12.9. The van der Waals surface area contributed by atoms with Crippen LogP contribution >= 0.6 is 11.3 Å². The molecule has 0 spiro atoms. The molecule has 4 heterocycles. The van der Waals surface area contributed by atoms with Crippen molar-refractivity contribution >= 4 is 33.2 Å². The van der Waals surface area contributed by atoms with Gasteiger partial charge in [0, 0.05) is 43.6 Å². The lowest BCUT2D eigenvalue weighted by molar-refractivity contribution is -0.125. The van der Waals surface area contributed by atoms with Crippen LogP contribution in [-0.4, -0.2) is 66.1 Å². The van der Waals surface area contributed by atoms with E-state index >= 15 is 0 Å². The van der Waals surface area contributed by atoms with Crippen LogP contribution in [0.15, 0.2) is 46.2 Å². The number of aromatic nitrogens is 1. The number of piperidine rings is 1. The molecule has 0 bridgehead atoms. The molecule has 2 aromatic rings. The average molecular weight is 449 g/mol. The first-order chi connectivity index (χ1) is 14.5. The molecule has 2 amide bonds. The van der Waals surface area contributed by atoms with E-state index in [9.17, 15) is 18.0 Å². The van der Waals surface area contributed by atoms with Gasteiger partial charge in [-0.2, -0.15) is 4.31 Å². The van der Waals surface area contributed by atoms with Gasteiger partial charge >= 0.3 is 0 Å². The van der Waals surface area contributed by atoms with Gasteiger partial charge in [0.25, 0.3) is 15.9 Å². The fourth-order valence-electron chi connectivity index (χ4n) is 4.02. The van der Waals surface area contributed by atoms with Crippen molar-refractivity contribution < 1.29 is 18.0 Å². The number of carbonyl (C=O) groups excluding carboxylic acids is 2. The van der Waals surface area contributed by atoms with E-state index in [1.165, 1.54) is 4.31 Å². The standard InChI is InChI=1S/C20H24N4O4S2/c25-19(17-3-1-11-24(17)30(27,28)18-4-2-14-29-18)22-16-7-12-23(13-8-16)20(26)15-5-9-21-10-6-15/h2,4-6,9-10,14,16-17H,1,3,7-8,11-13H2,(H,22,25). The summed E-state index contributed by atoms with van der Waals surface area (Å²) in [5, 5.41) is 4.74. The SMILES string of the molecule is O=C(NC1CCN(C(=O)c2ccncc2)CC1)C1CCCN1S(=O)(=O)c1cccs1. The number of rotatable bonds is 5. The Kier molecular flexibility index (Phi) is 6.16. The van der Waals surface area contributed by atoms with Crippen LogP contribution in [0.1, 0.15) is 36.0 Å². The molecule has 0 aromatic carbocycles. The second kappa shape index (κ2) is 8.83. The molecule has 10 heteroatoms. The first-order valence-electron chi connectivity index (χ1n) is 10.0. The highest BCUT2D eigenvalue weighted by molar-refractivity contribution is 7.91. The molecule has 2 aliphatic rings. The van der Waals surface area contributed by atoms with Crippen molar-refractivity contribution in [2.24, 2.45) is 0 Å². The van der Waals surface area contributed by atoms with Crippen molar-refractivity contribution in [2.75, 3.05) is 19.6 Å². The minimum absolute atomic E-state index is 0.0359. The zero-order valence-electron chi connectivity index (χ0n) is 16.4. The van der Waals surface area contributed by atoms with Gasteiger partial charge in [0.15, 0.2) is 0 Å². The number of amides is 2. The highest BCUT2D eigenvalue weighted by Gasteiger charge is 2.40. The molecule has 2 aliphatic heterocycles. The number of hydrogen-bond acceptors (Lipinski definition) is 6. The highest BCUT2D eigenvalue weighted by atomic mass is 32.2. The molecule has 0 aliphatic carbocycles. The van der Waals surface area contributed by atoms with Crippen molar-refractivity contribution in [2.45, 2.75) is 42.0 Å². The lowest BCUT2D eigenvalue weighted by Gasteiger charge is -2.33. The molecular formula is C20H24N4O4S2. The summed E-state index contributed by atoms with van der Waals surface area (Å²) in [4.78, 5) is 31.1. The summed E-state index contributed by atoms with van der Waals surface area (Å²) >= 11 is 1.16. The molecular weight excluding hydrogens is 424 g/mol. The molecule has 0 saturated carbocycles. The number of hydrogen-bond donors (Lipinski definition) is 1. The second-order valence-electron chi connectivity index (χ2n) is 7.52. The van der Waals surface area contributed by atoms with Crippen LogP contribution in [0.4, 0.5) is 0 Å². The minimum Gasteiger partial charge on any atom is -0.352 e. The van der Waals surface area contributed by atoms with Crippen LogP contribution in [0.25, 0.3) is 0 Å². The Morgan fingerprint density at radius 2 is 1.80 bits per heavy atom. The molecule has 2 fully saturated rings. The number of likely N-dealkylation sites (tertiary alicyclic amines) is 1. The van der Waals surface area contributed by atoms with Crippen molar-refractivity contribution in [3.8, 4) is 0 Å². The Balaban J connectivity index is 1.34. The third kappa shape index (κ3) is 4.26. The monoisotopic (exact) mass is 448 g/mol. The van der Waals surface area contributed by atoms with Gasteiger partial charge in [0.05, 0.1) is 0 Å². The van der Waals surface area contributed by atoms with Crippen LogP contribution in [0.3, 0.4) is 0 Å². The second-order valence-corrected chi connectivity index (χ2v) is 10.6. The number of nitrogens with one attached hydrogen (secondary N) is 1. The zero-order chi connectivity index (χ0) is 21.1. The van der Waals surface area contributed by atoms with Crippen LogP contribution < -0.4 is 5.32 Å². The van der Waals surface area contributed by atoms with Crippen molar-refractivity contribution in [1.82, 2.24) is 19.5 Å². The summed E-state index contributed by atoms with van der Waals surface area (Å²) in [6.07, 6.45) is 5.67. The molecule has 8 nitrogen and oxygen atoms in total. The van der Waals surface area contributed by atoms with E-state index in [2.05, 4.69) is 10.3 Å². The van der Waals surface area contributed by atoms with Crippen molar-refractivity contribution in [3.05, 3.63) is 47.6 Å². The van der Waals surface area contributed by atoms with Gasteiger partial charge in [0.1, 0.15) is 10.3 Å². The Bertz CT molecular complexity index is 987. The summed E-state index contributed by atoms with van der Waals surface area (Å²) in [5.41, 5.74) is 0.605. The molecule has 4 rings (SSSR count). The quantitative estimate of drug-likeness (QED) is 0.751. The number of thiophene rings is 1. The Morgan fingerprint density at radius 1 is 1.07 bits per heavy atom. The summed E-state index contributed by atoms with van der Waals surface area (Å²) in [6, 6.07) is 5.92. The van der Waals surface area contributed by atoms with E-state index in [-0.39, 0.29) is 22.1 Å². The molecule has 2 saturated heterocycles. The minimum atomic E-state index is -3.65. The fraction of sp³-hybridized carbons (Fsp3) is 0.450. The summed E-state index contributed by atoms with van der Waals surface area (Å²) in [7, 11) is -3.65. The van der Waals surface area contributed by atoms with Crippen LogP contribution in [0, 0.1) is 0 Å². The van der Waals surface area contributed by atoms with Gasteiger partial charge in [-0.1, -0.05) is 6.07 Å². The molecule has 1 N–H and O–H groups in total. The molecule has 160 valence electrons. The topological polar surface area (TPSA) is 99.7 Å². The summed E-state index contributed by atoms with van der Waals surface area (Å²) in [5.74, 6) is -0.280. The summed E-state index contributed by atoms with van der Waals surface area (Å²) in [6.45, 7) is 1.46. The van der Waals surface area contributed by atoms with E-state index in [4.69, 9.17) is 0 Å². The Labute approximate surface area is 180 Å². The van der Waals surface area contributed by atoms with Crippen LogP contribution in [-0.2, 0) is 14.8 Å². The summed E-state index contributed by atoms with van der Waals surface area (Å²) < 4.78 is 27.3. The molecule has 1 unspecified atom stereocenters. The lowest BCUT2D eigenvalue weighted by Crippen LogP contribution is -2.52. The molecule has 30 heavy (non-hydrogen) atoms. The lowest BCUT2D eigenvalue weighted by atomic mass is 10.0. The van der Waals surface area contributed by atoms with Gasteiger partial charge in [-0.25, -0.2) is 8.42 Å². The van der Waals surface area contributed by atoms with Gasteiger partial charge < -0.3 is 10.2 Å². The van der Waals surface area contributed by atoms with Crippen molar-refractivity contribution in [3.63, 3.8) is 0 Å². The third-order valence-corrected chi connectivity index (χ3v) is 8.90.